The summed E-state index contributed by atoms with van der Waals surface area (Å²) in [5, 5.41) is 10.5. The number of ether oxygens (including phenoxy) is 1. The van der Waals surface area contributed by atoms with E-state index < -0.39 is 17.8 Å². The molecule has 2 saturated heterocycles. The molecule has 5 rings (SSSR count). The van der Waals surface area contributed by atoms with Crippen molar-refractivity contribution in [3.8, 4) is 5.75 Å². The molecule has 3 aromatic rings. The minimum Gasteiger partial charge on any atom is -0.482 e. The van der Waals surface area contributed by atoms with E-state index in [4.69, 9.17) is 33.7 Å². The number of rotatable bonds is 7. The van der Waals surface area contributed by atoms with E-state index in [1.807, 2.05) is 4.90 Å². The minimum atomic E-state index is -0.805. The van der Waals surface area contributed by atoms with E-state index in [0.717, 1.165) is 58.2 Å². The van der Waals surface area contributed by atoms with Crippen LogP contribution >= 0.6 is 23.2 Å². The Morgan fingerprint density at radius 3 is 2.37 bits per heavy atom. The number of anilines is 2. The van der Waals surface area contributed by atoms with Crippen LogP contribution in [0.25, 0.3) is 0 Å². The molecule has 3 heterocycles. The largest absolute Gasteiger partial charge is 0.482 e. The number of piperazine rings is 1. The topological polar surface area (TPSA) is 117 Å². The van der Waals surface area contributed by atoms with Crippen LogP contribution in [0.5, 0.6) is 5.75 Å². The fourth-order valence-electron chi connectivity index (χ4n) is 5.45. The third-order valence-corrected chi connectivity index (χ3v) is 8.72. The van der Waals surface area contributed by atoms with Crippen LogP contribution < -0.4 is 15.8 Å². The van der Waals surface area contributed by atoms with Gasteiger partial charge in [-0.3, -0.25) is 14.5 Å². The number of likely N-dealkylation sites (N-methyl/N-ethyl adjacent to an activating group) is 1. The second-order valence-electron chi connectivity index (χ2n) is 10.9. The summed E-state index contributed by atoms with van der Waals surface area (Å²) in [5.74, 6) is -1.23. The van der Waals surface area contributed by atoms with E-state index in [1.165, 1.54) is 12.1 Å². The van der Waals surface area contributed by atoms with Gasteiger partial charge >= 0.3 is 0 Å². The predicted octanol–water partition coefficient (Wildman–Crippen LogP) is 4.75. The first kappa shape index (κ1) is 30.9. The first-order chi connectivity index (χ1) is 20.6. The fourth-order valence-corrected chi connectivity index (χ4v) is 6.13. The van der Waals surface area contributed by atoms with E-state index in [1.54, 1.807) is 31.2 Å². The summed E-state index contributed by atoms with van der Waals surface area (Å²) in [7, 11) is 2.15. The molecule has 1 aromatic heterocycles. The Morgan fingerprint density at radius 2 is 1.70 bits per heavy atom. The minimum absolute atomic E-state index is 0.0199. The predicted molar refractivity (Wildman–Crippen MR) is 164 cm³/mol. The number of amides is 2. The lowest BCUT2D eigenvalue weighted by Gasteiger charge is -2.42. The van der Waals surface area contributed by atoms with Crippen molar-refractivity contribution in [1.29, 1.82) is 0 Å². The van der Waals surface area contributed by atoms with Crippen molar-refractivity contribution in [1.82, 2.24) is 24.9 Å². The van der Waals surface area contributed by atoms with Crippen molar-refractivity contribution >= 4 is 46.5 Å². The van der Waals surface area contributed by atoms with Gasteiger partial charge in [0.15, 0.2) is 17.3 Å². The molecule has 0 unspecified atom stereocenters. The number of aromatic nitrogens is 2. The first-order valence-corrected chi connectivity index (χ1v) is 14.9. The highest BCUT2D eigenvalue weighted by Crippen LogP contribution is 2.36. The van der Waals surface area contributed by atoms with Gasteiger partial charge in [-0.2, -0.15) is 0 Å². The third-order valence-electron chi connectivity index (χ3n) is 8.00. The van der Waals surface area contributed by atoms with E-state index in [-0.39, 0.29) is 38.8 Å². The molecule has 1 atom stereocenters. The van der Waals surface area contributed by atoms with Gasteiger partial charge in [0.2, 0.25) is 0 Å². The molecule has 43 heavy (non-hydrogen) atoms. The Balaban J connectivity index is 1.18. The van der Waals surface area contributed by atoms with E-state index in [2.05, 4.69) is 32.4 Å². The molecule has 0 spiro atoms. The fraction of sp³-hybridized carbons (Fsp3) is 0.400. The SMILES string of the molecule is C[C@@H](Oc1cc(C(=O)Nc2ccc(C(=O)N3CCC(N4CCN(C)CC4)CC3)cc2)nnc1N)c1c(Cl)ccc(F)c1Cl. The van der Waals surface area contributed by atoms with E-state index >= 15 is 0 Å². The highest BCUT2D eigenvalue weighted by atomic mass is 35.5. The highest BCUT2D eigenvalue weighted by molar-refractivity contribution is 6.36. The maximum atomic E-state index is 14.0. The van der Waals surface area contributed by atoms with Crippen LogP contribution in [-0.4, -0.2) is 89.1 Å². The molecule has 0 saturated carbocycles. The molecule has 0 radical (unpaired) electrons. The number of hydrogen-bond donors (Lipinski definition) is 2. The number of carbonyl (C=O) groups excluding carboxylic acids is 2. The number of benzene rings is 2. The molecule has 0 bridgehead atoms. The molecule has 2 aliphatic rings. The van der Waals surface area contributed by atoms with Gasteiger partial charge in [-0.15, -0.1) is 10.2 Å². The van der Waals surface area contributed by atoms with Gasteiger partial charge in [0.1, 0.15) is 11.9 Å². The quantitative estimate of drug-likeness (QED) is 0.360. The van der Waals surface area contributed by atoms with Crippen LogP contribution in [0.1, 0.15) is 52.3 Å². The monoisotopic (exact) mass is 629 g/mol. The van der Waals surface area contributed by atoms with Gasteiger partial charge in [0.05, 0.1) is 5.02 Å². The lowest BCUT2D eigenvalue weighted by molar-refractivity contribution is 0.0518. The Hall–Kier alpha value is -3.51. The Morgan fingerprint density at radius 1 is 1.02 bits per heavy atom. The van der Waals surface area contributed by atoms with Gasteiger partial charge in [-0.05, 0) is 63.2 Å². The first-order valence-electron chi connectivity index (χ1n) is 14.2. The van der Waals surface area contributed by atoms with Crippen molar-refractivity contribution < 1.29 is 18.7 Å². The molecule has 2 aromatic carbocycles. The molecule has 2 fully saturated rings. The van der Waals surface area contributed by atoms with Crippen molar-refractivity contribution in [2.45, 2.75) is 31.9 Å². The Labute approximate surface area is 259 Å². The maximum absolute atomic E-state index is 14.0. The summed E-state index contributed by atoms with van der Waals surface area (Å²) in [4.78, 5) is 32.9. The number of likely N-dealkylation sites (tertiary alicyclic amines) is 1. The lowest BCUT2D eigenvalue weighted by Crippen LogP contribution is -2.52. The lowest BCUT2D eigenvalue weighted by atomic mass is 10.0. The number of carbonyl (C=O) groups is 2. The van der Waals surface area contributed by atoms with Crippen LogP contribution in [-0.2, 0) is 0 Å². The van der Waals surface area contributed by atoms with Crippen LogP contribution in [0.15, 0.2) is 42.5 Å². The normalized spacial score (nSPS) is 17.5. The van der Waals surface area contributed by atoms with Gasteiger partial charge in [0, 0.05) is 73.2 Å². The third kappa shape index (κ3) is 7.18. The Bertz CT molecular complexity index is 1480. The van der Waals surface area contributed by atoms with Crippen molar-refractivity contribution in [3.63, 3.8) is 0 Å². The molecule has 2 amide bonds. The second kappa shape index (κ2) is 13.4. The molecule has 2 aliphatic heterocycles. The van der Waals surface area contributed by atoms with Gasteiger partial charge in [-0.1, -0.05) is 23.2 Å². The average molecular weight is 631 g/mol. The second-order valence-corrected chi connectivity index (χ2v) is 11.7. The molecule has 0 aliphatic carbocycles. The van der Waals surface area contributed by atoms with E-state index in [9.17, 15) is 14.0 Å². The summed E-state index contributed by atoms with van der Waals surface area (Å²) in [6.45, 7) is 7.40. The zero-order valence-corrected chi connectivity index (χ0v) is 25.5. The van der Waals surface area contributed by atoms with Crippen LogP contribution in [0.4, 0.5) is 15.9 Å². The molecular formula is C30H34Cl2FN7O3. The molecule has 10 nitrogen and oxygen atoms in total. The van der Waals surface area contributed by atoms with Crippen molar-refractivity contribution in [2.75, 3.05) is 57.4 Å². The average Bonchev–Trinajstić information content (AvgIpc) is 3.01. The maximum Gasteiger partial charge on any atom is 0.276 e. The van der Waals surface area contributed by atoms with Crippen molar-refractivity contribution in [3.05, 3.63) is 75.1 Å². The van der Waals surface area contributed by atoms with Crippen LogP contribution in [0.3, 0.4) is 0 Å². The highest BCUT2D eigenvalue weighted by Gasteiger charge is 2.29. The van der Waals surface area contributed by atoms with Crippen LogP contribution in [0.2, 0.25) is 10.0 Å². The number of nitrogen functional groups attached to an aromatic ring is 1. The number of nitrogens with two attached hydrogens (primary N) is 1. The van der Waals surface area contributed by atoms with Gasteiger partial charge in [-0.25, -0.2) is 4.39 Å². The number of halogens is 3. The van der Waals surface area contributed by atoms with Gasteiger partial charge in [0.25, 0.3) is 11.8 Å². The summed E-state index contributed by atoms with van der Waals surface area (Å²) in [6, 6.07) is 11.1. The standard InChI is InChI=1S/C30H34Cl2FN7O3/c1-18(26-22(31)7-8-23(33)27(26)32)43-25-17-24(36-37-28(25)34)29(41)35-20-5-3-19(4-6-20)30(42)40-11-9-21(10-12-40)39-15-13-38(2)14-16-39/h3-8,17-18,21H,9-16H2,1-2H3,(H2,34,37)(H,35,41)/t18-/m1/s1. The van der Waals surface area contributed by atoms with E-state index in [0.29, 0.717) is 17.3 Å². The summed E-state index contributed by atoms with van der Waals surface area (Å²) in [5.41, 5.74) is 7.13. The number of nitrogens with one attached hydrogen (secondary N) is 1. The zero-order valence-electron chi connectivity index (χ0n) is 24.0. The Kier molecular flexibility index (Phi) is 9.65. The molecule has 3 N–H and O–H groups in total. The molecular weight excluding hydrogens is 596 g/mol. The molecule has 228 valence electrons. The summed E-state index contributed by atoms with van der Waals surface area (Å²) < 4.78 is 19.8. The summed E-state index contributed by atoms with van der Waals surface area (Å²) in [6.07, 6.45) is 1.14. The van der Waals surface area contributed by atoms with Crippen molar-refractivity contribution in [2.24, 2.45) is 0 Å². The summed E-state index contributed by atoms with van der Waals surface area (Å²) >= 11 is 12.3. The zero-order chi connectivity index (χ0) is 30.7. The molecule has 13 heteroatoms. The number of nitrogens with zero attached hydrogens (tertiary/aromatic N) is 5. The van der Waals surface area contributed by atoms with Crippen LogP contribution in [0, 0.1) is 5.82 Å². The smallest absolute Gasteiger partial charge is 0.276 e. The number of hydrogen-bond acceptors (Lipinski definition) is 8. The van der Waals surface area contributed by atoms with Gasteiger partial charge < -0.3 is 25.6 Å². The number of piperidine rings is 1.